The van der Waals surface area contributed by atoms with E-state index in [1.165, 1.54) is 5.06 Å². The van der Waals surface area contributed by atoms with Crippen molar-refractivity contribution < 1.29 is 19.2 Å². The number of carbonyl (C=O) groups is 3. The SMILES string of the molecule is Cc1ccc(N2C(=O)C3ON(CC(N)=O)C(c4ccc(Cl)cc4)C3C2=O)cc1Cl. The van der Waals surface area contributed by atoms with E-state index in [9.17, 15) is 14.4 Å². The number of hydrogen-bond acceptors (Lipinski definition) is 5. The summed E-state index contributed by atoms with van der Waals surface area (Å²) in [6.07, 6.45) is -1.05. The summed E-state index contributed by atoms with van der Waals surface area (Å²) < 4.78 is 0. The number of hydrogen-bond donors (Lipinski definition) is 1. The third-order valence-corrected chi connectivity index (χ3v) is 5.79. The summed E-state index contributed by atoms with van der Waals surface area (Å²) in [4.78, 5) is 44.7. The minimum absolute atomic E-state index is 0.253. The average Bonchev–Trinajstić information content (AvgIpc) is 3.14. The second kappa shape index (κ2) is 7.42. The average molecular weight is 434 g/mol. The second-order valence-corrected chi connectivity index (χ2v) is 7.88. The van der Waals surface area contributed by atoms with E-state index in [0.29, 0.717) is 21.3 Å². The van der Waals surface area contributed by atoms with Crippen LogP contribution in [-0.2, 0) is 19.2 Å². The van der Waals surface area contributed by atoms with Gasteiger partial charge in [-0.2, -0.15) is 5.06 Å². The zero-order chi connectivity index (χ0) is 20.9. The van der Waals surface area contributed by atoms with Gasteiger partial charge in [0, 0.05) is 10.0 Å². The molecule has 2 aromatic carbocycles. The Kier molecular flexibility index (Phi) is 5.08. The lowest BCUT2D eigenvalue weighted by atomic mass is 9.91. The first-order valence-corrected chi connectivity index (χ1v) is 9.64. The summed E-state index contributed by atoms with van der Waals surface area (Å²) in [5, 5.41) is 2.27. The molecule has 7 nitrogen and oxygen atoms in total. The van der Waals surface area contributed by atoms with Crippen molar-refractivity contribution in [3.63, 3.8) is 0 Å². The Morgan fingerprint density at radius 3 is 2.41 bits per heavy atom. The number of nitrogens with zero attached hydrogens (tertiary/aromatic N) is 2. The fourth-order valence-corrected chi connectivity index (χ4v) is 4.07. The van der Waals surface area contributed by atoms with Crippen molar-refractivity contribution in [3.8, 4) is 0 Å². The number of halogens is 2. The van der Waals surface area contributed by atoms with Gasteiger partial charge >= 0.3 is 0 Å². The molecule has 4 rings (SSSR count). The molecule has 150 valence electrons. The van der Waals surface area contributed by atoms with Crippen molar-refractivity contribution in [2.75, 3.05) is 11.4 Å². The van der Waals surface area contributed by atoms with Gasteiger partial charge in [0.1, 0.15) is 6.54 Å². The molecule has 0 aliphatic carbocycles. The van der Waals surface area contributed by atoms with E-state index in [-0.39, 0.29) is 6.54 Å². The van der Waals surface area contributed by atoms with Crippen molar-refractivity contribution in [1.29, 1.82) is 0 Å². The summed E-state index contributed by atoms with van der Waals surface area (Å²) >= 11 is 12.1. The monoisotopic (exact) mass is 433 g/mol. The first-order valence-electron chi connectivity index (χ1n) is 8.89. The minimum Gasteiger partial charge on any atom is -0.368 e. The fourth-order valence-electron chi connectivity index (χ4n) is 3.77. The fraction of sp³-hybridized carbons (Fsp3) is 0.250. The highest BCUT2D eigenvalue weighted by molar-refractivity contribution is 6.32. The van der Waals surface area contributed by atoms with Gasteiger partial charge in [-0.25, -0.2) is 4.90 Å². The maximum absolute atomic E-state index is 13.3. The Morgan fingerprint density at radius 1 is 1.10 bits per heavy atom. The number of hydroxylamine groups is 2. The van der Waals surface area contributed by atoms with Crippen LogP contribution in [0.15, 0.2) is 42.5 Å². The Hall–Kier alpha value is -2.45. The van der Waals surface area contributed by atoms with Crippen LogP contribution in [0.4, 0.5) is 5.69 Å². The van der Waals surface area contributed by atoms with Gasteiger partial charge in [-0.3, -0.25) is 19.2 Å². The molecular formula is C20H17Cl2N3O4. The van der Waals surface area contributed by atoms with Gasteiger partial charge < -0.3 is 5.73 Å². The number of amides is 3. The Bertz CT molecular complexity index is 1010. The van der Waals surface area contributed by atoms with Crippen LogP contribution in [0.3, 0.4) is 0 Å². The molecule has 2 fully saturated rings. The standard InChI is InChI=1S/C20H17Cl2N3O4/c1-10-2-7-13(8-14(10)22)25-19(27)16-17(11-3-5-12(21)6-4-11)24(9-15(23)26)29-18(16)20(25)28/h2-8,16-18H,9H2,1H3,(H2,23,26). The number of fused-ring (bicyclic) bond motifs is 1. The van der Waals surface area contributed by atoms with Crippen molar-refractivity contribution in [3.05, 3.63) is 63.6 Å². The second-order valence-electron chi connectivity index (χ2n) is 7.04. The van der Waals surface area contributed by atoms with Crippen LogP contribution in [0.25, 0.3) is 0 Å². The third-order valence-electron chi connectivity index (χ3n) is 5.13. The van der Waals surface area contributed by atoms with E-state index in [0.717, 1.165) is 10.5 Å². The number of rotatable bonds is 4. The summed E-state index contributed by atoms with van der Waals surface area (Å²) in [5.74, 6) is -2.40. The Labute approximate surface area is 176 Å². The van der Waals surface area contributed by atoms with E-state index in [2.05, 4.69) is 0 Å². The molecule has 2 N–H and O–H groups in total. The van der Waals surface area contributed by atoms with Gasteiger partial charge in [-0.05, 0) is 42.3 Å². The zero-order valence-electron chi connectivity index (χ0n) is 15.3. The van der Waals surface area contributed by atoms with Crippen LogP contribution in [-0.4, -0.2) is 35.4 Å². The van der Waals surface area contributed by atoms with Crippen LogP contribution in [0.5, 0.6) is 0 Å². The molecule has 2 aromatic rings. The topological polar surface area (TPSA) is 92.9 Å². The van der Waals surface area contributed by atoms with Gasteiger partial charge in [-0.1, -0.05) is 41.4 Å². The summed E-state index contributed by atoms with van der Waals surface area (Å²) in [5.41, 5.74) is 7.23. The van der Waals surface area contributed by atoms with E-state index >= 15 is 0 Å². The highest BCUT2D eigenvalue weighted by Crippen LogP contribution is 2.45. The molecule has 2 saturated heterocycles. The van der Waals surface area contributed by atoms with Gasteiger partial charge in [0.25, 0.3) is 5.91 Å². The molecule has 29 heavy (non-hydrogen) atoms. The predicted octanol–water partition coefficient (Wildman–Crippen LogP) is 2.63. The molecule has 0 aromatic heterocycles. The summed E-state index contributed by atoms with van der Waals surface area (Å²) in [7, 11) is 0. The quantitative estimate of drug-likeness (QED) is 0.747. The first-order chi connectivity index (χ1) is 13.8. The number of carbonyl (C=O) groups excluding carboxylic acids is 3. The molecule has 2 aliphatic heterocycles. The molecule has 3 unspecified atom stereocenters. The van der Waals surface area contributed by atoms with Gasteiger partial charge in [-0.15, -0.1) is 0 Å². The lowest BCUT2D eigenvalue weighted by Crippen LogP contribution is -2.40. The molecule has 0 radical (unpaired) electrons. The van der Waals surface area contributed by atoms with E-state index in [1.54, 1.807) is 42.5 Å². The molecule has 3 atom stereocenters. The molecule has 0 bridgehead atoms. The van der Waals surface area contributed by atoms with Crippen LogP contribution >= 0.6 is 23.2 Å². The van der Waals surface area contributed by atoms with E-state index in [1.807, 2.05) is 6.92 Å². The molecular weight excluding hydrogens is 417 g/mol. The van der Waals surface area contributed by atoms with Crippen LogP contribution in [0, 0.1) is 12.8 Å². The molecule has 2 heterocycles. The number of anilines is 1. The third kappa shape index (κ3) is 3.40. The number of imide groups is 1. The summed E-state index contributed by atoms with van der Waals surface area (Å²) in [6.45, 7) is 1.58. The highest BCUT2D eigenvalue weighted by atomic mass is 35.5. The maximum Gasteiger partial charge on any atom is 0.265 e. The molecule has 2 aliphatic rings. The highest BCUT2D eigenvalue weighted by Gasteiger charge is 2.60. The molecule has 3 amide bonds. The molecule has 0 saturated carbocycles. The van der Waals surface area contributed by atoms with Crippen LogP contribution < -0.4 is 10.6 Å². The summed E-state index contributed by atoms with van der Waals surface area (Å²) in [6, 6.07) is 11.1. The largest absolute Gasteiger partial charge is 0.368 e. The lowest BCUT2D eigenvalue weighted by Gasteiger charge is -2.26. The first kappa shape index (κ1) is 19.8. The van der Waals surface area contributed by atoms with Crippen molar-refractivity contribution in [2.24, 2.45) is 11.7 Å². The van der Waals surface area contributed by atoms with E-state index in [4.69, 9.17) is 33.8 Å². The zero-order valence-corrected chi connectivity index (χ0v) is 16.9. The number of nitrogens with two attached hydrogens (primary N) is 1. The van der Waals surface area contributed by atoms with Crippen molar-refractivity contribution >= 4 is 46.6 Å². The Morgan fingerprint density at radius 2 is 1.79 bits per heavy atom. The number of aryl methyl sites for hydroxylation is 1. The molecule has 0 spiro atoms. The lowest BCUT2D eigenvalue weighted by molar-refractivity contribution is -0.175. The smallest absolute Gasteiger partial charge is 0.265 e. The maximum atomic E-state index is 13.3. The number of primary amides is 1. The predicted molar refractivity (Wildman–Crippen MR) is 107 cm³/mol. The van der Waals surface area contributed by atoms with Crippen molar-refractivity contribution in [2.45, 2.75) is 19.1 Å². The van der Waals surface area contributed by atoms with Crippen molar-refractivity contribution in [1.82, 2.24) is 5.06 Å². The van der Waals surface area contributed by atoms with Crippen LogP contribution in [0.1, 0.15) is 17.2 Å². The Balaban J connectivity index is 1.74. The van der Waals surface area contributed by atoms with Gasteiger partial charge in [0.2, 0.25) is 11.8 Å². The van der Waals surface area contributed by atoms with Crippen LogP contribution in [0.2, 0.25) is 10.0 Å². The van der Waals surface area contributed by atoms with Gasteiger partial charge in [0.15, 0.2) is 6.10 Å². The van der Waals surface area contributed by atoms with E-state index < -0.39 is 35.8 Å². The van der Waals surface area contributed by atoms with Gasteiger partial charge in [0.05, 0.1) is 17.6 Å². The normalized spacial score (nSPS) is 24.2. The number of benzene rings is 2. The molecule has 9 heteroatoms. The minimum atomic E-state index is -1.05.